The number of aromatic nitrogens is 2. The molecule has 2 aromatic carbocycles. The molecule has 0 saturated heterocycles. The maximum Gasteiger partial charge on any atom is 0.326 e. The summed E-state index contributed by atoms with van der Waals surface area (Å²) in [5.41, 5.74) is 4.47. The Bertz CT molecular complexity index is 1570. The number of hydrogen-bond acceptors (Lipinski definition) is 4. The van der Waals surface area contributed by atoms with Crippen LogP contribution in [0.5, 0.6) is 0 Å². The molecule has 1 aliphatic heterocycles. The Labute approximate surface area is 217 Å². The van der Waals surface area contributed by atoms with Gasteiger partial charge >= 0.3 is 6.03 Å². The molecular weight excluding hydrogens is 496 g/mol. The standard InChI is InChI=1S/C28H22ClF2N5O/c29-24-14-21(30)5-4-20(24)2-1-10-35-11-8-26-23(17-35)22-12-18(15-32)3-6-25(22)36(26)28(37)34-16-19-7-9-33-27(31)13-19/h1-7,9,12-14H,8,10-11,16-17H2,(H,34,37). The first-order valence-electron chi connectivity index (χ1n) is 11.7. The van der Waals surface area contributed by atoms with Gasteiger partial charge in [-0.05, 0) is 59.2 Å². The fourth-order valence-electron chi connectivity index (χ4n) is 4.65. The number of fused-ring (bicyclic) bond motifs is 3. The molecule has 3 heterocycles. The summed E-state index contributed by atoms with van der Waals surface area (Å²) in [5.74, 6) is -0.980. The van der Waals surface area contributed by atoms with E-state index in [0.717, 1.165) is 34.3 Å². The highest BCUT2D eigenvalue weighted by atomic mass is 35.5. The van der Waals surface area contributed by atoms with Crippen molar-refractivity contribution in [3.05, 3.63) is 106 Å². The molecule has 0 fully saturated rings. The minimum atomic E-state index is -0.601. The van der Waals surface area contributed by atoms with Crippen molar-refractivity contribution in [3.8, 4) is 6.07 Å². The van der Waals surface area contributed by atoms with Crippen LogP contribution in [0, 0.1) is 23.1 Å². The van der Waals surface area contributed by atoms with Gasteiger partial charge in [0.15, 0.2) is 0 Å². The van der Waals surface area contributed by atoms with Crippen LogP contribution < -0.4 is 5.32 Å². The first kappa shape index (κ1) is 24.6. The lowest BCUT2D eigenvalue weighted by Crippen LogP contribution is -2.34. The van der Waals surface area contributed by atoms with Gasteiger partial charge in [0.25, 0.3) is 0 Å². The van der Waals surface area contributed by atoms with Gasteiger partial charge in [-0.25, -0.2) is 14.2 Å². The molecule has 0 bridgehead atoms. The van der Waals surface area contributed by atoms with Crippen LogP contribution in [0.4, 0.5) is 13.6 Å². The van der Waals surface area contributed by atoms with E-state index in [9.17, 15) is 18.8 Å². The average Bonchev–Trinajstić information content (AvgIpc) is 3.21. The predicted molar refractivity (Wildman–Crippen MR) is 138 cm³/mol. The Morgan fingerprint density at radius 1 is 1.19 bits per heavy atom. The zero-order chi connectivity index (χ0) is 25.9. The van der Waals surface area contributed by atoms with Gasteiger partial charge in [-0.2, -0.15) is 9.65 Å². The SMILES string of the molecule is N#Cc1ccc2c(c1)c1c(n2C(=O)NCc2ccnc(F)c2)CCN(CC=Cc2ccc(F)cc2Cl)C1. The zero-order valence-electron chi connectivity index (χ0n) is 19.7. The molecule has 4 aromatic rings. The molecule has 0 radical (unpaired) electrons. The largest absolute Gasteiger partial charge is 0.333 e. The molecule has 1 amide bonds. The molecule has 37 heavy (non-hydrogen) atoms. The number of nitrogens with zero attached hydrogens (tertiary/aromatic N) is 4. The second kappa shape index (κ2) is 10.5. The number of hydrogen-bond donors (Lipinski definition) is 1. The van der Waals surface area contributed by atoms with Crippen molar-refractivity contribution in [2.24, 2.45) is 0 Å². The molecule has 0 atom stereocenters. The third-order valence-corrected chi connectivity index (χ3v) is 6.75. The fourth-order valence-corrected chi connectivity index (χ4v) is 4.88. The summed E-state index contributed by atoms with van der Waals surface area (Å²) in [5, 5.41) is 13.5. The average molecular weight is 518 g/mol. The van der Waals surface area contributed by atoms with Crippen molar-refractivity contribution < 1.29 is 13.6 Å². The van der Waals surface area contributed by atoms with Gasteiger partial charge in [0.1, 0.15) is 5.82 Å². The van der Waals surface area contributed by atoms with E-state index in [4.69, 9.17) is 11.6 Å². The molecule has 0 spiro atoms. The number of rotatable bonds is 5. The molecule has 1 aliphatic rings. The number of amides is 1. The summed E-state index contributed by atoms with van der Waals surface area (Å²) in [4.78, 5) is 19.1. The van der Waals surface area contributed by atoms with Crippen LogP contribution in [0.25, 0.3) is 17.0 Å². The Morgan fingerprint density at radius 3 is 2.84 bits per heavy atom. The lowest BCUT2D eigenvalue weighted by Gasteiger charge is -2.27. The first-order valence-corrected chi connectivity index (χ1v) is 12.1. The van der Waals surface area contributed by atoms with Crippen molar-refractivity contribution in [1.82, 2.24) is 19.8 Å². The second-order valence-electron chi connectivity index (χ2n) is 8.80. The highest BCUT2D eigenvalue weighted by Gasteiger charge is 2.26. The van der Waals surface area contributed by atoms with Crippen LogP contribution in [0.1, 0.15) is 27.9 Å². The van der Waals surface area contributed by atoms with E-state index >= 15 is 0 Å². The monoisotopic (exact) mass is 517 g/mol. The summed E-state index contributed by atoms with van der Waals surface area (Å²) in [6, 6.07) is 14.4. The molecule has 186 valence electrons. The number of pyridine rings is 1. The third-order valence-electron chi connectivity index (χ3n) is 6.42. The number of benzene rings is 2. The van der Waals surface area contributed by atoms with Gasteiger partial charge < -0.3 is 5.32 Å². The van der Waals surface area contributed by atoms with Crippen LogP contribution in [-0.2, 0) is 19.5 Å². The molecule has 5 rings (SSSR count). The summed E-state index contributed by atoms with van der Waals surface area (Å²) in [7, 11) is 0. The molecule has 1 N–H and O–H groups in total. The zero-order valence-corrected chi connectivity index (χ0v) is 20.5. The van der Waals surface area contributed by atoms with Crippen molar-refractivity contribution in [2.75, 3.05) is 13.1 Å². The van der Waals surface area contributed by atoms with Gasteiger partial charge in [0.2, 0.25) is 5.95 Å². The van der Waals surface area contributed by atoms with E-state index in [1.807, 2.05) is 18.2 Å². The quantitative estimate of drug-likeness (QED) is 0.346. The Balaban J connectivity index is 1.39. The number of carbonyl (C=O) groups is 1. The topological polar surface area (TPSA) is 74.0 Å². The van der Waals surface area contributed by atoms with Gasteiger partial charge in [-0.3, -0.25) is 9.47 Å². The molecule has 2 aromatic heterocycles. The highest BCUT2D eigenvalue weighted by molar-refractivity contribution is 6.32. The van der Waals surface area contributed by atoms with E-state index in [1.54, 1.807) is 28.8 Å². The van der Waals surface area contributed by atoms with Crippen molar-refractivity contribution >= 4 is 34.6 Å². The van der Waals surface area contributed by atoms with E-state index < -0.39 is 5.95 Å². The van der Waals surface area contributed by atoms with Gasteiger partial charge in [-0.1, -0.05) is 29.8 Å². The van der Waals surface area contributed by atoms with Gasteiger partial charge in [0, 0.05) is 49.9 Å². The van der Waals surface area contributed by atoms with Gasteiger partial charge in [0.05, 0.1) is 22.2 Å². The Kier molecular flexibility index (Phi) is 6.99. The predicted octanol–water partition coefficient (Wildman–Crippen LogP) is 5.67. The second-order valence-corrected chi connectivity index (χ2v) is 9.21. The molecule has 0 saturated carbocycles. The lowest BCUT2D eigenvalue weighted by atomic mass is 10.0. The fraction of sp³-hybridized carbons (Fsp3) is 0.179. The van der Waals surface area contributed by atoms with Crippen LogP contribution in [0.2, 0.25) is 5.02 Å². The number of carbonyl (C=O) groups excluding carboxylic acids is 1. The first-order chi connectivity index (χ1) is 17.9. The number of nitrogens with one attached hydrogen (secondary N) is 1. The van der Waals surface area contributed by atoms with Crippen LogP contribution in [0.15, 0.2) is 60.8 Å². The van der Waals surface area contributed by atoms with Crippen LogP contribution in [0.3, 0.4) is 0 Å². The van der Waals surface area contributed by atoms with Crippen molar-refractivity contribution in [1.29, 1.82) is 5.26 Å². The normalized spacial score (nSPS) is 13.6. The lowest BCUT2D eigenvalue weighted by molar-refractivity contribution is 0.240. The molecule has 0 aliphatic carbocycles. The number of halogens is 3. The van der Waals surface area contributed by atoms with E-state index in [0.29, 0.717) is 35.7 Å². The summed E-state index contributed by atoms with van der Waals surface area (Å²) >= 11 is 6.12. The number of nitriles is 1. The minimum absolute atomic E-state index is 0.159. The molecule has 9 heteroatoms. The van der Waals surface area contributed by atoms with E-state index in [2.05, 4.69) is 21.3 Å². The van der Waals surface area contributed by atoms with Gasteiger partial charge in [-0.15, -0.1) is 0 Å². The van der Waals surface area contributed by atoms with Crippen molar-refractivity contribution in [3.63, 3.8) is 0 Å². The van der Waals surface area contributed by atoms with E-state index in [1.165, 1.54) is 24.4 Å². The highest BCUT2D eigenvalue weighted by Crippen LogP contribution is 2.32. The van der Waals surface area contributed by atoms with E-state index in [-0.39, 0.29) is 18.4 Å². The van der Waals surface area contributed by atoms with Crippen LogP contribution >= 0.6 is 11.6 Å². The minimum Gasteiger partial charge on any atom is -0.333 e. The molecular formula is C28H22ClF2N5O. The smallest absolute Gasteiger partial charge is 0.326 e. The molecule has 6 nitrogen and oxygen atoms in total. The third kappa shape index (κ3) is 5.24. The van der Waals surface area contributed by atoms with Crippen molar-refractivity contribution in [2.45, 2.75) is 19.5 Å². The summed E-state index contributed by atoms with van der Waals surface area (Å²) in [6.45, 7) is 2.11. The Morgan fingerprint density at radius 2 is 2.05 bits per heavy atom. The summed E-state index contributed by atoms with van der Waals surface area (Å²) in [6.07, 6.45) is 5.84. The Hall–Kier alpha value is -4.06. The maximum absolute atomic E-state index is 13.4. The summed E-state index contributed by atoms with van der Waals surface area (Å²) < 4.78 is 28.4. The van der Waals surface area contributed by atoms with Crippen LogP contribution in [-0.4, -0.2) is 33.6 Å². The molecule has 0 unspecified atom stereocenters. The maximum atomic E-state index is 13.4.